The van der Waals surface area contributed by atoms with E-state index >= 15 is 0 Å². The number of carbonyl (C=O) groups is 1. The summed E-state index contributed by atoms with van der Waals surface area (Å²) < 4.78 is 4.96. The molecule has 0 aliphatic rings. The van der Waals surface area contributed by atoms with Gasteiger partial charge >= 0.3 is 5.97 Å². The van der Waals surface area contributed by atoms with Crippen LogP contribution in [0.1, 0.15) is 37.9 Å². The number of esters is 1. The first-order chi connectivity index (χ1) is 8.04. The van der Waals surface area contributed by atoms with Crippen LogP contribution in [0.4, 0.5) is 0 Å². The summed E-state index contributed by atoms with van der Waals surface area (Å²) in [5, 5.41) is 3.23. The van der Waals surface area contributed by atoms with E-state index in [2.05, 4.69) is 36.5 Å². The summed E-state index contributed by atoms with van der Waals surface area (Å²) >= 11 is 0. The van der Waals surface area contributed by atoms with Crippen molar-refractivity contribution in [3.05, 3.63) is 35.4 Å². The van der Waals surface area contributed by atoms with Gasteiger partial charge in [-0.3, -0.25) is 10.1 Å². The van der Waals surface area contributed by atoms with E-state index < -0.39 is 0 Å². The van der Waals surface area contributed by atoms with Gasteiger partial charge in [0.25, 0.3) is 0 Å². The average molecular weight is 235 g/mol. The van der Waals surface area contributed by atoms with Crippen molar-refractivity contribution in [2.45, 2.75) is 39.8 Å². The van der Waals surface area contributed by atoms with E-state index in [1.54, 1.807) is 0 Å². The Bertz CT molecular complexity index is 359. The predicted octanol–water partition coefficient (Wildman–Crippen LogP) is 2.60. The van der Waals surface area contributed by atoms with Gasteiger partial charge in [0.1, 0.15) is 6.04 Å². The highest BCUT2D eigenvalue weighted by molar-refractivity contribution is 5.75. The molecular formula is C14H21NO2. The van der Waals surface area contributed by atoms with Gasteiger partial charge < -0.3 is 4.74 Å². The van der Waals surface area contributed by atoms with Crippen LogP contribution in [0.5, 0.6) is 0 Å². The number of hydrogen-bond donors (Lipinski definition) is 1. The maximum absolute atomic E-state index is 11.5. The number of carbonyl (C=O) groups excluding carboxylic acids is 1. The monoisotopic (exact) mass is 235 g/mol. The number of nitrogens with one attached hydrogen (secondary N) is 1. The summed E-state index contributed by atoms with van der Waals surface area (Å²) in [6, 6.07) is 8.14. The number of hydrogen-bond acceptors (Lipinski definition) is 3. The lowest BCUT2D eigenvalue weighted by atomic mass is 10.1. The summed E-state index contributed by atoms with van der Waals surface area (Å²) in [4.78, 5) is 11.5. The van der Waals surface area contributed by atoms with E-state index in [1.807, 2.05) is 20.8 Å². The fraction of sp³-hybridized carbons (Fsp3) is 0.500. The van der Waals surface area contributed by atoms with Crippen molar-refractivity contribution >= 4 is 5.97 Å². The first-order valence-electron chi connectivity index (χ1n) is 6.03. The van der Waals surface area contributed by atoms with Gasteiger partial charge in [0.05, 0.1) is 6.61 Å². The number of rotatable bonds is 5. The minimum absolute atomic E-state index is 0.134. The summed E-state index contributed by atoms with van der Waals surface area (Å²) in [6.45, 7) is 8.16. The SMILES string of the molecule is CCOC(=O)[C@H](C)NC(C)c1ccc(C)cc1. The van der Waals surface area contributed by atoms with Gasteiger partial charge in [0, 0.05) is 6.04 Å². The molecule has 0 amide bonds. The van der Waals surface area contributed by atoms with Gasteiger partial charge in [0.15, 0.2) is 0 Å². The van der Waals surface area contributed by atoms with Crippen LogP contribution in [0, 0.1) is 6.92 Å². The molecule has 0 aromatic heterocycles. The average Bonchev–Trinajstić information content (AvgIpc) is 2.30. The lowest BCUT2D eigenvalue weighted by molar-refractivity contribution is -0.145. The highest BCUT2D eigenvalue weighted by atomic mass is 16.5. The van der Waals surface area contributed by atoms with Gasteiger partial charge in [-0.1, -0.05) is 29.8 Å². The third kappa shape index (κ3) is 4.19. The summed E-state index contributed by atoms with van der Waals surface area (Å²) in [5.74, 6) is -0.202. The highest BCUT2D eigenvalue weighted by Gasteiger charge is 2.16. The van der Waals surface area contributed by atoms with E-state index in [9.17, 15) is 4.79 Å². The van der Waals surface area contributed by atoms with E-state index in [1.165, 1.54) is 11.1 Å². The third-order valence-electron chi connectivity index (χ3n) is 2.72. The smallest absolute Gasteiger partial charge is 0.322 e. The molecule has 0 bridgehead atoms. The van der Waals surface area contributed by atoms with E-state index in [0.717, 1.165) is 0 Å². The predicted molar refractivity (Wildman–Crippen MR) is 68.8 cm³/mol. The molecule has 3 heteroatoms. The molecule has 1 N–H and O–H groups in total. The molecule has 0 spiro atoms. The van der Waals surface area contributed by atoms with Gasteiger partial charge in [-0.25, -0.2) is 0 Å². The maximum Gasteiger partial charge on any atom is 0.322 e. The molecular weight excluding hydrogens is 214 g/mol. The Morgan fingerprint density at radius 3 is 2.41 bits per heavy atom. The van der Waals surface area contributed by atoms with Crippen LogP contribution in [-0.4, -0.2) is 18.6 Å². The Morgan fingerprint density at radius 1 is 1.29 bits per heavy atom. The second-order valence-corrected chi connectivity index (χ2v) is 4.27. The first-order valence-corrected chi connectivity index (χ1v) is 6.03. The molecule has 0 saturated heterocycles. The van der Waals surface area contributed by atoms with Crippen LogP contribution in [0.25, 0.3) is 0 Å². The summed E-state index contributed by atoms with van der Waals surface area (Å²) in [6.07, 6.45) is 0. The molecule has 0 aliphatic heterocycles. The first kappa shape index (κ1) is 13.7. The third-order valence-corrected chi connectivity index (χ3v) is 2.72. The Kier molecular flexibility index (Phi) is 5.16. The Hall–Kier alpha value is -1.35. The van der Waals surface area contributed by atoms with Gasteiger partial charge in [-0.2, -0.15) is 0 Å². The molecule has 94 valence electrons. The molecule has 1 aromatic rings. The van der Waals surface area contributed by atoms with Crippen LogP contribution < -0.4 is 5.32 Å². The molecule has 1 aromatic carbocycles. The van der Waals surface area contributed by atoms with Crippen molar-refractivity contribution in [2.75, 3.05) is 6.61 Å². The van der Waals surface area contributed by atoms with Gasteiger partial charge in [-0.05, 0) is 33.3 Å². The second kappa shape index (κ2) is 6.40. The van der Waals surface area contributed by atoms with Crippen molar-refractivity contribution in [2.24, 2.45) is 0 Å². The summed E-state index contributed by atoms with van der Waals surface area (Å²) in [7, 11) is 0. The maximum atomic E-state index is 11.5. The molecule has 0 heterocycles. The normalized spacial score (nSPS) is 14.1. The van der Waals surface area contributed by atoms with Crippen LogP contribution >= 0.6 is 0 Å². The van der Waals surface area contributed by atoms with Crippen LogP contribution in [-0.2, 0) is 9.53 Å². The van der Waals surface area contributed by atoms with E-state index in [4.69, 9.17) is 4.74 Å². The molecule has 17 heavy (non-hydrogen) atoms. The number of ether oxygens (including phenoxy) is 1. The zero-order chi connectivity index (χ0) is 12.8. The Labute approximate surface area is 103 Å². The fourth-order valence-electron chi connectivity index (χ4n) is 1.66. The molecule has 1 unspecified atom stereocenters. The van der Waals surface area contributed by atoms with E-state index in [0.29, 0.717) is 6.61 Å². The molecule has 3 nitrogen and oxygen atoms in total. The van der Waals surface area contributed by atoms with Crippen LogP contribution in [0.15, 0.2) is 24.3 Å². The molecule has 0 radical (unpaired) electrons. The minimum atomic E-state index is -0.286. The molecule has 1 rings (SSSR count). The van der Waals surface area contributed by atoms with Gasteiger partial charge in [0.2, 0.25) is 0 Å². The van der Waals surface area contributed by atoms with Gasteiger partial charge in [-0.15, -0.1) is 0 Å². The lowest BCUT2D eigenvalue weighted by Crippen LogP contribution is -2.37. The largest absolute Gasteiger partial charge is 0.465 e. The fourth-order valence-corrected chi connectivity index (χ4v) is 1.66. The zero-order valence-electron chi connectivity index (χ0n) is 11.0. The van der Waals surface area contributed by atoms with Crippen molar-refractivity contribution < 1.29 is 9.53 Å². The molecule has 2 atom stereocenters. The Balaban J connectivity index is 2.56. The van der Waals surface area contributed by atoms with Crippen LogP contribution in [0.3, 0.4) is 0 Å². The second-order valence-electron chi connectivity index (χ2n) is 4.27. The Morgan fingerprint density at radius 2 is 1.88 bits per heavy atom. The van der Waals surface area contributed by atoms with Crippen molar-refractivity contribution in [3.8, 4) is 0 Å². The van der Waals surface area contributed by atoms with Crippen molar-refractivity contribution in [1.82, 2.24) is 5.32 Å². The minimum Gasteiger partial charge on any atom is -0.465 e. The van der Waals surface area contributed by atoms with Crippen molar-refractivity contribution in [1.29, 1.82) is 0 Å². The zero-order valence-corrected chi connectivity index (χ0v) is 11.0. The van der Waals surface area contributed by atoms with Crippen molar-refractivity contribution in [3.63, 3.8) is 0 Å². The summed E-state index contributed by atoms with van der Waals surface area (Å²) in [5.41, 5.74) is 2.41. The van der Waals surface area contributed by atoms with Crippen LogP contribution in [0.2, 0.25) is 0 Å². The van der Waals surface area contributed by atoms with E-state index in [-0.39, 0.29) is 18.1 Å². The molecule has 0 saturated carbocycles. The lowest BCUT2D eigenvalue weighted by Gasteiger charge is -2.19. The quantitative estimate of drug-likeness (QED) is 0.797. The molecule has 0 fully saturated rings. The molecule has 0 aliphatic carbocycles. The highest BCUT2D eigenvalue weighted by Crippen LogP contribution is 2.13. The topological polar surface area (TPSA) is 38.3 Å². The number of benzene rings is 1. The standard InChI is InChI=1S/C14H21NO2/c1-5-17-14(16)12(4)15-11(3)13-8-6-10(2)7-9-13/h6-9,11-12,15H,5H2,1-4H3/t11?,12-/m0/s1. The number of aryl methyl sites for hydroxylation is 1.